The molecule has 4 rings (SSSR count). The van der Waals surface area contributed by atoms with Gasteiger partial charge in [-0.25, -0.2) is 0 Å². The van der Waals surface area contributed by atoms with Crippen LogP contribution >= 0.6 is 0 Å². The van der Waals surface area contributed by atoms with Crippen LogP contribution in [0, 0.1) is 0 Å². The van der Waals surface area contributed by atoms with E-state index < -0.39 is 11.6 Å². The van der Waals surface area contributed by atoms with Crippen LogP contribution in [0.25, 0.3) is 0 Å². The minimum atomic E-state index is -1.74. The maximum atomic E-state index is 13.7. The number of rotatable bonds is 5. The molecule has 3 N–H and O–H groups in total. The van der Waals surface area contributed by atoms with Crippen LogP contribution < -0.4 is 11.1 Å². The number of nitrogens with zero attached hydrogens (tertiary/aromatic N) is 1. The predicted molar refractivity (Wildman–Crippen MR) is 106 cm³/mol. The van der Waals surface area contributed by atoms with Gasteiger partial charge in [0.15, 0.2) is 0 Å². The smallest absolute Gasteiger partial charge is 0.304 e. The SMILES string of the molecule is NCC[N+]1(C2(NC(=O)c3ccccc3)C(=O)c3ccccc3C2=O)CCOCC1. The summed E-state index contributed by atoms with van der Waals surface area (Å²) < 4.78 is 5.59. The molecule has 0 bridgehead atoms. The number of fused-ring (bicyclic) bond motifs is 1. The number of carbonyl (C=O) groups is 3. The summed E-state index contributed by atoms with van der Waals surface area (Å²) in [5.74, 6) is -1.21. The Morgan fingerprint density at radius 1 is 0.966 bits per heavy atom. The second-order valence-electron chi connectivity index (χ2n) is 7.45. The topological polar surface area (TPSA) is 98.5 Å². The van der Waals surface area contributed by atoms with Gasteiger partial charge in [-0.2, -0.15) is 0 Å². The van der Waals surface area contributed by atoms with Gasteiger partial charge in [0.1, 0.15) is 13.1 Å². The zero-order valence-corrected chi connectivity index (χ0v) is 16.1. The van der Waals surface area contributed by atoms with Crippen LogP contribution in [0.5, 0.6) is 0 Å². The zero-order valence-electron chi connectivity index (χ0n) is 16.1. The molecule has 1 saturated heterocycles. The number of amides is 1. The first-order valence-corrected chi connectivity index (χ1v) is 9.76. The number of carbonyl (C=O) groups excluding carboxylic acids is 3. The summed E-state index contributed by atoms with van der Waals surface area (Å²) in [5, 5.41) is 2.87. The highest BCUT2D eigenvalue weighted by molar-refractivity contribution is 6.33. The molecule has 1 fully saturated rings. The second kappa shape index (κ2) is 7.51. The Bertz CT molecular complexity index is 911. The molecular weight excluding hydrogens is 370 g/mol. The number of ether oxygens (including phenoxy) is 1. The Hall–Kier alpha value is -2.87. The molecule has 0 atom stereocenters. The molecule has 2 aromatic carbocycles. The molecule has 2 aromatic rings. The van der Waals surface area contributed by atoms with E-state index in [1.807, 2.05) is 0 Å². The van der Waals surface area contributed by atoms with Crippen molar-refractivity contribution in [3.63, 3.8) is 0 Å². The minimum Gasteiger partial charge on any atom is -0.370 e. The van der Waals surface area contributed by atoms with Crippen molar-refractivity contribution in [2.24, 2.45) is 5.73 Å². The van der Waals surface area contributed by atoms with Crippen LogP contribution in [-0.2, 0) is 4.74 Å². The molecule has 0 saturated carbocycles. The Morgan fingerprint density at radius 2 is 1.52 bits per heavy atom. The average molecular weight is 394 g/mol. The lowest BCUT2D eigenvalue weighted by Gasteiger charge is -2.50. The molecule has 0 aromatic heterocycles. The normalized spacial score (nSPS) is 19.6. The van der Waals surface area contributed by atoms with Gasteiger partial charge in [-0.15, -0.1) is 0 Å². The first-order valence-electron chi connectivity index (χ1n) is 9.76. The van der Waals surface area contributed by atoms with Gasteiger partial charge in [0.2, 0.25) is 0 Å². The molecule has 7 heteroatoms. The van der Waals surface area contributed by atoms with Crippen molar-refractivity contribution in [2.45, 2.75) is 5.66 Å². The van der Waals surface area contributed by atoms with Crippen LogP contribution in [0.4, 0.5) is 0 Å². The summed E-state index contributed by atoms with van der Waals surface area (Å²) in [4.78, 5) is 40.6. The van der Waals surface area contributed by atoms with E-state index in [2.05, 4.69) is 5.32 Å². The van der Waals surface area contributed by atoms with Crippen molar-refractivity contribution in [1.82, 2.24) is 5.32 Å². The number of benzene rings is 2. The van der Waals surface area contributed by atoms with E-state index in [4.69, 9.17) is 10.5 Å². The van der Waals surface area contributed by atoms with Crippen LogP contribution in [0.3, 0.4) is 0 Å². The van der Waals surface area contributed by atoms with Gasteiger partial charge in [-0.1, -0.05) is 42.5 Å². The largest absolute Gasteiger partial charge is 0.370 e. The van der Waals surface area contributed by atoms with Gasteiger partial charge in [-0.05, 0) is 12.1 Å². The number of hydrogen-bond donors (Lipinski definition) is 2. The quantitative estimate of drug-likeness (QED) is 0.582. The third-order valence-corrected chi connectivity index (χ3v) is 6.00. The molecule has 2 aliphatic rings. The standard InChI is InChI=1S/C22H23N3O4/c23-10-11-25(12-14-29-15-13-25)22(24-21(28)16-6-2-1-3-7-16)19(26)17-8-4-5-9-18(17)20(22)27/h1-9H,10-15,23H2/p+1. The lowest BCUT2D eigenvalue weighted by molar-refractivity contribution is -0.963. The van der Waals surface area contributed by atoms with E-state index in [1.165, 1.54) is 0 Å². The highest BCUT2D eigenvalue weighted by atomic mass is 16.5. The van der Waals surface area contributed by atoms with Crippen molar-refractivity contribution in [3.05, 3.63) is 71.3 Å². The number of morpholine rings is 1. The van der Waals surface area contributed by atoms with Gasteiger partial charge in [0.05, 0.1) is 19.8 Å². The summed E-state index contributed by atoms with van der Waals surface area (Å²) in [6.45, 7) is 2.26. The molecule has 1 heterocycles. The highest BCUT2D eigenvalue weighted by Crippen LogP contribution is 2.38. The van der Waals surface area contributed by atoms with E-state index >= 15 is 0 Å². The summed E-state index contributed by atoms with van der Waals surface area (Å²) in [6, 6.07) is 15.4. The number of hydrogen-bond acceptors (Lipinski definition) is 5. The summed E-state index contributed by atoms with van der Waals surface area (Å²) >= 11 is 0. The number of nitrogens with one attached hydrogen (secondary N) is 1. The van der Waals surface area contributed by atoms with Crippen molar-refractivity contribution >= 4 is 17.5 Å². The average Bonchev–Trinajstić information content (AvgIpc) is 2.98. The van der Waals surface area contributed by atoms with Gasteiger partial charge >= 0.3 is 5.66 Å². The van der Waals surface area contributed by atoms with E-state index in [1.54, 1.807) is 54.6 Å². The Morgan fingerprint density at radius 3 is 2.07 bits per heavy atom. The lowest BCUT2D eigenvalue weighted by Crippen LogP contribution is -2.80. The maximum Gasteiger partial charge on any atom is 0.304 e. The summed E-state index contributed by atoms with van der Waals surface area (Å²) in [5.41, 5.74) is 5.25. The zero-order chi connectivity index (χ0) is 20.5. The molecular formula is C22H24N3O4+. The van der Waals surface area contributed by atoms with Crippen molar-refractivity contribution in [3.8, 4) is 0 Å². The van der Waals surface area contributed by atoms with Gasteiger partial charge < -0.3 is 10.5 Å². The predicted octanol–water partition coefficient (Wildman–Crippen LogP) is 0.998. The van der Waals surface area contributed by atoms with Crippen LogP contribution in [-0.4, -0.2) is 67.0 Å². The third kappa shape index (κ3) is 2.90. The van der Waals surface area contributed by atoms with Crippen LogP contribution in [0.15, 0.2) is 54.6 Å². The molecule has 0 radical (unpaired) electrons. The molecule has 0 unspecified atom stereocenters. The Labute approximate surface area is 169 Å². The molecule has 0 spiro atoms. The molecule has 1 amide bonds. The van der Waals surface area contributed by atoms with E-state index in [9.17, 15) is 14.4 Å². The Balaban J connectivity index is 1.87. The molecule has 29 heavy (non-hydrogen) atoms. The molecule has 1 aliphatic heterocycles. The molecule has 1 aliphatic carbocycles. The lowest BCUT2D eigenvalue weighted by atomic mass is 9.95. The van der Waals surface area contributed by atoms with Crippen molar-refractivity contribution in [1.29, 1.82) is 0 Å². The van der Waals surface area contributed by atoms with E-state index in [0.29, 0.717) is 49.5 Å². The summed E-state index contributed by atoms with van der Waals surface area (Å²) in [6.07, 6.45) is 0. The minimum absolute atomic E-state index is 0.0639. The number of nitrogens with two attached hydrogens (primary N) is 1. The van der Waals surface area contributed by atoms with Crippen molar-refractivity contribution in [2.75, 3.05) is 39.4 Å². The van der Waals surface area contributed by atoms with Crippen LogP contribution in [0.2, 0.25) is 0 Å². The maximum absolute atomic E-state index is 13.7. The number of Topliss-reactive ketones (excluding diaryl/α,β-unsaturated/α-hetero) is 2. The molecule has 7 nitrogen and oxygen atoms in total. The fourth-order valence-electron chi connectivity index (χ4n) is 4.53. The fraction of sp³-hybridized carbons (Fsp3) is 0.318. The van der Waals surface area contributed by atoms with Crippen LogP contribution in [0.1, 0.15) is 31.1 Å². The summed E-state index contributed by atoms with van der Waals surface area (Å²) in [7, 11) is 0. The number of quaternary nitrogens is 1. The second-order valence-corrected chi connectivity index (χ2v) is 7.45. The van der Waals surface area contributed by atoms with Crippen molar-refractivity contribution < 1.29 is 23.6 Å². The Kier molecular flexibility index (Phi) is 5.04. The van der Waals surface area contributed by atoms with Gasteiger partial charge in [0, 0.05) is 23.2 Å². The first kappa shape index (κ1) is 19.4. The number of ketones is 2. The van der Waals surface area contributed by atoms with Gasteiger partial charge in [0.25, 0.3) is 17.5 Å². The van der Waals surface area contributed by atoms with Gasteiger partial charge in [-0.3, -0.25) is 24.2 Å². The first-order chi connectivity index (χ1) is 14.1. The molecule has 150 valence electrons. The fourth-order valence-corrected chi connectivity index (χ4v) is 4.53. The van der Waals surface area contributed by atoms with E-state index in [0.717, 1.165) is 0 Å². The third-order valence-electron chi connectivity index (χ3n) is 6.00. The van der Waals surface area contributed by atoms with E-state index in [-0.39, 0.29) is 22.6 Å². The monoisotopic (exact) mass is 394 g/mol. The highest BCUT2D eigenvalue weighted by Gasteiger charge is 2.67.